The predicted octanol–water partition coefficient (Wildman–Crippen LogP) is 4.50. The summed E-state index contributed by atoms with van der Waals surface area (Å²) in [6.45, 7) is 8.57. The van der Waals surface area contributed by atoms with Crippen LogP contribution in [0.15, 0.2) is 35.7 Å². The van der Waals surface area contributed by atoms with Crippen LogP contribution >= 0.6 is 23.7 Å². The molecular weight excluding hydrogens is 642 g/mol. The van der Waals surface area contributed by atoms with Crippen LogP contribution in [0.3, 0.4) is 0 Å². The molecule has 1 saturated heterocycles. The van der Waals surface area contributed by atoms with E-state index in [0.717, 1.165) is 42.7 Å². The van der Waals surface area contributed by atoms with Gasteiger partial charge in [-0.2, -0.15) is 0 Å². The number of nitrogens with one attached hydrogen (secondary N) is 3. The Balaban J connectivity index is 0.00000768. The van der Waals surface area contributed by atoms with Gasteiger partial charge in [0, 0.05) is 30.3 Å². The van der Waals surface area contributed by atoms with Crippen LogP contribution in [0, 0.1) is 11.8 Å². The average Bonchev–Trinajstić information content (AvgIpc) is 3.53. The molecule has 0 unspecified atom stereocenters. The van der Waals surface area contributed by atoms with E-state index in [1.165, 1.54) is 5.38 Å². The first-order valence-electron chi connectivity index (χ1n) is 16.3. The van der Waals surface area contributed by atoms with Crippen LogP contribution in [0.4, 0.5) is 0 Å². The van der Waals surface area contributed by atoms with Crippen molar-refractivity contribution in [3.63, 3.8) is 0 Å². The molecule has 0 bridgehead atoms. The Kier molecular flexibility index (Phi) is 16.5. The molecule has 1 aromatic carbocycles. The van der Waals surface area contributed by atoms with E-state index in [1.807, 2.05) is 70.0 Å². The lowest BCUT2D eigenvalue weighted by Gasteiger charge is -2.34. The molecule has 1 aliphatic heterocycles. The lowest BCUT2D eigenvalue weighted by Crippen LogP contribution is -2.57. The third-order valence-electron chi connectivity index (χ3n) is 8.75. The highest BCUT2D eigenvalue weighted by molar-refractivity contribution is 7.11. The van der Waals surface area contributed by atoms with Gasteiger partial charge in [0.2, 0.25) is 11.8 Å². The number of rotatable bonds is 17. The van der Waals surface area contributed by atoms with Crippen molar-refractivity contribution in [2.75, 3.05) is 13.6 Å². The molecular formula is C34H50ClN5O6S. The second-order valence-electron chi connectivity index (χ2n) is 12.7. The minimum absolute atomic E-state index is 0. The van der Waals surface area contributed by atoms with E-state index < -0.39 is 30.0 Å². The first-order valence-corrected chi connectivity index (χ1v) is 17.1. The standard InChI is InChI=1S/C34H49N5O6S.ClH/c1-6-22(4)30(38-32(44)27-14-10-11-17-39(27)5)33(45)36-25(21(2)3)19-28(40)34-37-26(20-46-34)31(43)35-24(15-16-29(41)42)18-23-12-8-7-9-13-23;/h7-9,12-13,20-22,24-25,27,30H,6,10-11,14-19H2,1-5H3,(H,35,43)(H,36,45)(H,38,44)(H,41,42);1H/t22-,24+,25+,27+,30-;/m0./s1. The second-order valence-corrected chi connectivity index (χ2v) is 13.5. The topological polar surface area (TPSA) is 158 Å². The maximum absolute atomic E-state index is 13.5. The molecule has 260 valence electrons. The molecule has 2 heterocycles. The summed E-state index contributed by atoms with van der Waals surface area (Å²) in [4.78, 5) is 70.6. The number of aromatic nitrogens is 1. The minimum atomic E-state index is -0.949. The van der Waals surface area contributed by atoms with Gasteiger partial charge in [-0.25, -0.2) is 4.98 Å². The molecule has 11 nitrogen and oxygen atoms in total. The molecule has 1 aliphatic rings. The number of nitrogens with zero attached hydrogens (tertiary/aromatic N) is 2. The molecule has 0 aliphatic carbocycles. The van der Waals surface area contributed by atoms with E-state index in [9.17, 15) is 29.1 Å². The molecule has 0 spiro atoms. The van der Waals surface area contributed by atoms with Crippen LogP contribution < -0.4 is 16.0 Å². The lowest BCUT2D eigenvalue weighted by atomic mass is 9.94. The quantitative estimate of drug-likeness (QED) is 0.177. The van der Waals surface area contributed by atoms with Crippen LogP contribution in [0.1, 0.15) is 98.5 Å². The van der Waals surface area contributed by atoms with Gasteiger partial charge in [-0.05, 0) is 56.7 Å². The van der Waals surface area contributed by atoms with Crippen LogP contribution in [-0.2, 0) is 20.8 Å². The summed E-state index contributed by atoms with van der Waals surface area (Å²) < 4.78 is 0. The smallest absolute Gasteiger partial charge is 0.303 e. The summed E-state index contributed by atoms with van der Waals surface area (Å²) in [5.74, 6) is -2.40. The fourth-order valence-corrected chi connectivity index (χ4v) is 6.31. The van der Waals surface area contributed by atoms with Crippen LogP contribution in [-0.4, -0.2) is 82.2 Å². The maximum Gasteiger partial charge on any atom is 0.303 e. The molecule has 2 aromatic rings. The molecule has 3 rings (SSSR count). The number of amides is 3. The lowest BCUT2D eigenvalue weighted by molar-refractivity contribution is -0.137. The number of hydrogen-bond donors (Lipinski definition) is 4. The van der Waals surface area contributed by atoms with Crippen molar-refractivity contribution in [3.8, 4) is 0 Å². The molecule has 3 amide bonds. The number of thiazole rings is 1. The molecule has 4 N–H and O–H groups in total. The molecule has 5 atom stereocenters. The van der Waals surface area contributed by atoms with E-state index in [-0.39, 0.29) is 77.8 Å². The Morgan fingerprint density at radius 1 is 1.04 bits per heavy atom. The van der Waals surface area contributed by atoms with Crippen molar-refractivity contribution < 1.29 is 29.1 Å². The number of carboxylic acids is 1. The van der Waals surface area contributed by atoms with E-state index in [4.69, 9.17) is 0 Å². The molecule has 1 fully saturated rings. The highest BCUT2D eigenvalue weighted by Crippen LogP contribution is 2.19. The highest BCUT2D eigenvalue weighted by Gasteiger charge is 2.33. The van der Waals surface area contributed by atoms with E-state index in [0.29, 0.717) is 12.8 Å². The Morgan fingerprint density at radius 3 is 2.36 bits per heavy atom. The van der Waals surface area contributed by atoms with Crippen molar-refractivity contribution in [1.82, 2.24) is 25.8 Å². The maximum atomic E-state index is 13.5. The molecule has 13 heteroatoms. The van der Waals surface area contributed by atoms with Gasteiger partial charge >= 0.3 is 5.97 Å². The zero-order valence-electron chi connectivity index (χ0n) is 28.0. The first-order chi connectivity index (χ1) is 21.9. The summed E-state index contributed by atoms with van der Waals surface area (Å²) >= 11 is 1.06. The first kappa shape index (κ1) is 39.8. The van der Waals surface area contributed by atoms with Crippen LogP contribution in [0.5, 0.6) is 0 Å². The third kappa shape index (κ3) is 12.3. The van der Waals surface area contributed by atoms with Gasteiger partial charge in [0.25, 0.3) is 5.91 Å². The molecule has 0 radical (unpaired) electrons. The van der Waals surface area contributed by atoms with Crippen molar-refractivity contribution in [2.24, 2.45) is 11.8 Å². The molecule has 1 aromatic heterocycles. The Bertz CT molecular complexity index is 1340. The van der Waals surface area contributed by atoms with E-state index in [2.05, 4.69) is 20.9 Å². The summed E-state index contributed by atoms with van der Waals surface area (Å²) in [6, 6.07) is 7.55. The Hall–Kier alpha value is -3.35. The number of carbonyl (C=O) groups is 5. The number of aliphatic carboxylic acids is 1. The SMILES string of the molecule is CC[C@H](C)[C@H](NC(=O)[C@H]1CCCCN1C)C(=O)N[C@H](CC(=O)c1nc(C(=O)N[C@H](CCC(=O)O)Cc2ccccc2)cs1)C(C)C.Cl. The minimum Gasteiger partial charge on any atom is -0.481 e. The normalized spacial score (nSPS) is 17.4. The third-order valence-corrected chi connectivity index (χ3v) is 9.63. The summed E-state index contributed by atoms with van der Waals surface area (Å²) in [6.07, 6.45) is 4.06. The van der Waals surface area contributed by atoms with Crippen molar-refractivity contribution in [2.45, 2.75) is 103 Å². The van der Waals surface area contributed by atoms with Gasteiger partial charge in [-0.3, -0.25) is 28.9 Å². The number of carboxylic acid groups (broad SMARTS) is 1. The second kappa shape index (κ2) is 19.5. The largest absolute Gasteiger partial charge is 0.481 e. The number of carbonyl (C=O) groups excluding carboxylic acids is 4. The number of benzene rings is 1. The average molecular weight is 692 g/mol. The number of Topliss-reactive ketones (excluding diaryl/α,β-unsaturated/α-hetero) is 1. The fraction of sp³-hybridized carbons (Fsp3) is 0.588. The van der Waals surface area contributed by atoms with Gasteiger partial charge in [-0.15, -0.1) is 23.7 Å². The molecule has 47 heavy (non-hydrogen) atoms. The van der Waals surface area contributed by atoms with Crippen molar-refractivity contribution in [1.29, 1.82) is 0 Å². The summed E-state index contributed by atoms with van der Waals surface area (Å²) in [5, 5.41) is 19.7. The van der Waals surface area contributed by atoms with E-state index in [1.54, 1.807) is 0 Å². The number of hydrogen-bond acceptors (Lipinski definition) is 8. The van der Waals surface area contributed by atoms with E-state index >= 15 is 0 Å². The van der Waals surface area contributed by atoms with Gasteiger partial charge in [0.1, 0.15) is 11.7 Å². The van der Waals surface area contributed by atoms with Gasteiger partial charge < -0.3 is 21.1 Å². The van der Waals surface area contributed by atoms with Gasteiger partial charge in [0.05, 0.1) is 6.04 Å². The zero-order chi connectivity index (χ0) is 33.8. The van der Waals surface area contributed by atoms with Gasteiger partial charge in [-0.1, -0.05) is 70.9 Å². The Labute approximate surface area is 288 Å². The van der Waals surface area contributed by atoms with Crippen molar-refractivity contribution >= 4 is 53.2 Å². The molecule has 0 saturated carbocycles. The summed E-state index contributed by atoms with van der Waals surface area (Å²) in [7, 11) is 1.93. The fourth-order valence-electron chi connectivity index (χ4n) is 5.56. The number of halogens is 1. The number of likely N-dealkylation sites (N-methyl/N-ethyl adjacent to an activating group) is 1. The summed E-state index contributed by atoms with van der Waals surface area (Å²) in [5.41, 5.74) is 1.05. The Morgan fingerprint density at radius 2 is 1.74 bits per heavy atom. The van der Waals surface area contributed by atoms with Crippen LogP contribution in [0.25, 0.3) is 0 Å². The number of piperidine rings is 1. The highest BCUT2D eigenvalue weighted by atomic mass is 35.5. The van der Waals surface area contributed by atoms with Crippen molar-refractivity contribution in [3.05, 3.63) is 52.0 Å². The van der Waals surface area contributed by atoms with Gasteiger partial charge in [0.15, 0.2) is 10.8 Å². The number of ketones is 1. The zero-order valence-corrected chi connectivity index (χ0v) is 29.6. The van der Waals surface area contributed by atoms with Crippen LogP contribution in [0.2, 0.25) is 0 Å². The number of likely N-dealkylation sites (tertiary alicyclic amines) is 1. The monoisotopic (exact) mass is 691 g/mol. The predicted molar refractivity (Wildman–Crippen MR) is 185 cm³/mol.